The lowest BCUT2D eigenvalue weighted by molar-refractivity contribution is -0.274. The molecule has 180 valence electrons. The standard InChI is InChI=1S/C26H37F3O3/c1-2-3-4-5-6-19-7-9-20(10-8-19)21-11-13-22(14-12-21)25(30)31-23-15-17-24(18-16-23)32-26(27,28)29/h15-22H,2-14H2,1H3/t19-,20-,21-,22-. The summed E-state index contributed by atoms with van der Waals surface area (Å²) < 4.78 is 46.0. The zero-order valence-corrected chi connectivity index (χ0v) is 19.2. The Kier molecular flexibility index (Phi) is 9.30. The zero-order chi connectivity index (χ0) is 23.0. The van der Waals surface area contributed by atoms with Gasteiger partial charge in [0, 0.05) is 0 Å². The molecule has 0 saturated heterocycles. The molecule has 0 atom stereocenters. The SMILES string of the molecule is CCCCCC[C@H]1CC[C@H]([C@H]2CC[C@H](C(=O)Oc3ccc(OC(F)(F)F)cc3)CC2)CC1. The predicted molar refractivity (Wildman–Crippen MR) is 118 cm³/mol. The van der Waals surface area contributed by atoms with E-state index in [0.717, 1.165) is 55.6 Å². The Morgan fingerprint density at radius 3 is 1.97 bits per heavy atom. The second-order valence-electron chi connectivity index (χ2n) is 9.68. The van der Waals surface area contributed by atoms with Crippen molar-refractivity contribution >= 4 is 5.97 Å². The molecule has 2 fully saturated rings. The van der Waals surface area contributed by atoms with Gasteiger partial charge in [0.05, 0.1) is 5.92 Å². The molecule has 0 spiro atoms. The minimum Gasteiger partial charge on any atom is -0.426 e. The Morgan fingerprint density at radius 1 is 0.844 bits per heavy atom. The van der Waals surface area contributed by atoms with E-state index in [2.05, 4.69) is 11.7 Å². The molecule has 0 unspecified atom stereocenters. The van der Waals surface area contributed by atoms with E-state index in [-0.39, 0.29) is 23.4 Å². The van der Waals surface area contributed by atoms with Gasteiger partial charge < -0.3 is 9.47 Å². The number of alkyl halides is 3. The summed E-state index contributed by atoms with van der Waals surface area (Å²) in [6.07, 6.45) is 11.3. The van der Waals surface area contributed by atoms with Crippen LogP contribution < -0.4 is 9.47 Å². The lowest BCUT2D eigenvalue weighted by Crippen LogP contribution is -2.30. The average Bonchev–Trinajstić information content (AvgIpc) is 2.78. The Morgan fingerprint density at radius 2 is 1.41 bits per heavy atom. The Hall–Kier alpha value is -1.72. The highest BCUT2D eigenvalue weighted by atomic mass is 19.4. The van der Waals surface area contributed by atoms with E-state index in [1.54, 1.807) is 0 Å². The monoisotopic (exact) mass is 454 g/mol. The van der Waals surface area contributed by atoms with Crippen LogP contribution in [0.2, 0.25) is 0 Å². The summed E-state index contributed by atoms with van der Waals surface area (Å²) >= 11 is 0. The van der Waals surface area contributed by atoms with E-state index in [9.17, 15) is 18.0 Å². The van der Waals surface area contributed by atoms with Gasteiger partial charge in [-0.2, -0.15) is 0 Å². The normalized spacial score (nSPS) is 26.5. The number of esters is 1. The van der Waals surface area contributed by atoms with Crippen molar-refractivity contribution in [2.24, 2.45) is 23.7 Å². The summed E-state index contributed by atoms with van der Waals surface area (Å²) in [5, 5.41) is 0. The summed E-state index contributed by atoms with van der Waals surface area (Å²) in [6.45, 7) is 2.26. The maximum absolute atomic E-state index is 12.5. The maximum Gasteiger partial charge on any atom is 0.573 e. The van der Waals surface area contributed by atoms with Crippen LogP contribution >= 0.6 is 0 Å². The number of halogens is 3. The van der Waals surface area contributed by atoms with E-state index in [0.29, 0.717) is 0 Å². The highest BCUT2D eigenvalue weighted by Gasteiger charge is 2.34. The van der Waals surface area contributed by atoms with E-state index < -0.39 is 6.36 Å². The first-order valence-electron chi connectivity index (χ1n) is 12.4. The fraction of sp³-hybridized carbons (Fsp3) is 0.731. The van der Waals surface area contributed by atoms with Crippen molar-refractivity contribution in [3.63, 3.8) is 0 Å². The Labute approximate surface area is 190 Å². The van der Waals surface area contributed by atoms with Crippen LogP contribution in [0, 0.1) is 23.7 Å². The van der Waals surface area contributed by atoms with Gasteiger partial charge in [-0.05, 0) is 80.5 Å². The van der Waals surface area contributed by atoms with Gasteiger partial charge in [-0.3, -0.25) is 4.79 Å². The molecule has 3 nitrogen and oxygen atoms in total. The van der Waals surface area contributed by atoms with Crippen molar-refractivity contribution in [1.29, 1.82) is 0 Å². The van der Waals surface area contributed by atoms with E-state index in [4.69, 9.17) is 4.74 Å². The van der Waals surface area contributed by atoms with Crippen LogP contribution in [0.5, 0.6) is 11.5 Å². The molecule has 0 bridgehead atoms. The molecule has 0 aromatic heterocycles. The van der Waals surface area contributed by atoms with Crippen molar-refractivity contribution in [3.8, 4) is 11.5 Å². The second-order valence-corrected chi connectivity index (χ2v) is 9.68. The molecule has 0 heterocycles. The molecule has 0 N–H and O–H groups in total. The molecule has 32 heavy (non-hydrogen) atoms. The quantitative estimate of drug-likeness (QED) is 0.215. The number of carbonyl (C=O) groups excluding carboxylic acids is 1. The Bertz CT molecular complexity index is 685. The highest BCUT2D eigenvalue weighted by Crippen LogP contribution is 2.42. The number of ether oxygens (including phenoxy) is 2. The van der Waals surface area contributed by atoms with Crippen LogP contribution in [0.15, 0.2) is 24.3 Å². The van der Waals surface area contributed by atoms with E-state index in [1.807, 2.05) is 0 Å². The molecule has 0 aliphatic heterocycles. The van der Waals surface area contributed by atoms with Crippen molar-refractivity contribution in [2.75, 3.05) is 0 Å². The van der Waals surface area contributed by atoms with Gasteiger partial charge in [-0.25, -0.2) is 0 Å². The number of carbonyl (C=O) groups is 1. The third-order valence-corrected chi connectivity index (χ3v) is 7.40. The molecule has 2 saturated carbocycles. The molecule has 6 heteroatoms. The van der Waals surface area contributed by atoms with E-state index >= 15 is 0 Å². The lowest BCUT2D eigenvalue weighted by Gasteiger charge is -2.37. The van der Waals surface area contributed by atoms with Crippen LogP contribution in [0.1, 0.15) is 90.4 Å². The molecule has 1 aromatic rings. The second kappa shape index (κ2) is 11.9. The molecule has 1 aromatic carbocycles. The minimum atomic E-state index is -4.73. The number of unbranched alkanes of at least 4 members (excludes halogenated alkanes) is 3. The smallest absolute Gasteiger partial charge is 0.426 e. The summed E-state index contributed by atoms with van der Waals surface area (Å²) in [5.41, 5.74) is 0. The summed E-state index contributed by atoms with van der Waals surface area (Å²) in [6, 6.07) is 5.00. The third-order valence-electron chi connectivity index (χ3n) is 7.40. The van der Waals surface area contributed by atoms with Crippen molar-refractivity contribution in [1.82, 2.24) is 0 Å². The first-order valence-corrected chi connectivity index (χ1v) is 12.4. The fourth-order valence-corrected chi connectivity index (χ4v) is 5.54. The topological polar surface area (TPSA) is 35.5 Å². The van der Waals surface area contributed by atoms with Crippen molar-refractivity contribution in [3.05, 3.63) is 24.3 Å². The molecule has 0 radical (unpaired) electrons. The largest absolute Gasteiger partial charge is 0.573 e. The van der Waals surface area contributed by atoms with Gasteiger partial charge in [-0.1, -0.05) is 51.9 Å². The lowest BCUT2D eigenvalue weighted by atomic mass is 9.68. The predicted octanol–water partition coefficient (Wildman–Crippen LogP) is 8.07. The van der Waals surface area contributed by atoms with Crippen LogP contribution in [-0.2, 0) is 4.79 Å². The number of hydrogen-bond donors (Lipinski definition) is 0. The number of rotatable bonds is 9. The molecule has 2 aliphatic rings. The molecular weight excluding hydrogens is 417 g/mol. The summed E-state index contributed by atoms with van der Waals surface area (Å²) in [7, 11) is 0. The van der Waals surface area contributed by atoms with Gasteiger partial charge in [0.1, 0.15) is 11.5 Å². The maximum atomic E-state index is 12.5. The first-order chi connectivity index (χ1) is 15.3. The highest BCUT2D eigenvalue weighted by molar-refractivity contribution is 5.75. The Balaban J connectivity index is 1.36. The van der Waals surface area contributed by atoms with Gasteiger partial charge in [0.15, 0.2) is 0 Å². The molecule has 0 amide bonds. The van der Waals surface area contributed by atoms with Crippen LogP contribution in [0.4, 0.5) is 13.2 Å². The van der Waals surface area contributed by atoms with Crippen molar-refractivity contribution < 1.29 is 27.4 Å². The summed E-state index contributed by atoms with van der Waals surface area (Å²) in [5.74, 6) is 1.98. The van der Waals surface area contributed by atoms with Gasteiger partial charge in [0.2, 0.25) is 0 Å². The number of hydrogen-bond acceptors (Lipinski definition) is 3. The minimum absolute atomic E-state index is 0.118. The molecule has 2 aliphatic carbocycles. The zero-order valence-electron chi connectivity index (χ0n) is 19.2. The average molecular weight is 455 g/mol. The fourth-order valence-electron chi connectivity index (χ4n) is 5.54. The van der Waals surface area contributed by atoms with Crippen LogP contribution in [0.25, 0.3) is 0 Å². The van der Waals surface area contributed by atoms with Gasteiger partial charge in [0.25, 0.3) is 0 Å². The summed E-state index contributed by atoms with van der Waals surface area (Å²) in [4.78, 5) is 12.5. The van der Waals surface area contributed by atoms with Crippen LogP contribution in [0.3, 0.4) is 0 Å². The van der Waals surface area contributed by atoms with E-state index in [1.165, 1.54) is 69.9 Å². The first kappa shape index (κ1) is 24.9. The van der Waals surface area contributed by atoms with Gasteiger partial charge >= 0.3 is 12.3 Å². The molecule has 3 rings (SSSR count). The number of benzene rings is 1. The van der Waals surface area contributed by atoms with Crippen molar-refractivity contribution in [2.45, 2.75) is 96.8 Å². The van der Waals surface area contributed by atoms with Gasteiger partial charge in [-0.15, -0.1) is 13.2 Å². The molecular formula is C26H37F3O3. The van der Waals surface area contributed by atoms with Crippen LogP contribution in [-0.4, -0.2) is 12.3 Å². The third kappa shape index (κ3) is 8.00.